The summed E-state index contributed by atoms with van der Waals surface area (Å²) in [6.45, 7) is 4.48. The Morgan fingerprint density at radius 1 is 1.18 bits per heavy atom. The number of hydrogen-bond donors (Lipinski definition) is 2. The van der Waals surface area contributed by atoms with E-state index in [9.17, 15) is 5.11 Å². The van der Waals surface area contributed by atoms with Crippen molar-refractivity contribution in [3.05, 3.63) is 0 Å². The fourth-order valence-corrected chi connectivity index (χ4v) is 2.63. The Morgan fingerprint density at radius 3 is 2.64 bits per heavy atom. The van der Waals surface area contributed by atoms with E-state index >= 15 is 0 Å². The highest BCUT2D eigenvalue weighted by Crippen LogP contribution is 2.36. The standard InChI is InChI=1S/C9H17NO/c1-6-2-3-9(11)8-5-10-4-7(6)8/h6-11H,2-5H2,1H3. The Morgan fingerprint density at radius 2 is 1.91 bits per heavy atom. The lowest BCUT2D eigenvalue weighted by Gasteiger charge is -2.34. The number of aliphatic hydroxyl groups is 1. The molecule has 1 heterocycles. The van der Waals surface area contributed by atoms with E-state index in [0.29, 0.717) is 5.92 Å². The average molecular weight is 155 g/mol. The third kappa shape index (κ3) is 1.18. The van der Waals surface area contributed by atoms with Gasteiger partial charge in [0.05, 0.1) is 6.10 Å². The Kier molecular flexibility index (Phi) is 1.90. The van der Waals surface area contributed by atoms with Crippen molar-refractivity contribution in [3.8, 4) is 0 Å². The molecule has 2 fully saturated rings. The van der Waals surface area contributed by atoms with E-state index in [-0.39, 0.29) is 6.10 Å². The molecule has 0 aromatic heterocycles. The summed E-state index contributed by atoms with van der Waals surface area (Å²) in [6.07, 6.45) is 2.21. The first-order valence-electron chi connectivity index (χ1n) is 4.68. The molecule has 0 radical (unpaired) electrons. The molecular weight excluding hydrogens is 138 g/mol. The predicted molar refractivity (Wildman–Crippen MR) is 44.3 cm³/mol. The molecule has 0 spiro atoms. The molecule has 2 heteroatoms. The summed E-state index contributed by atoms with van der Waals surface area (Å²) in [5.74, 6) is 2.12. The van der Waals surface area contributed by atoms with Crippen LogP contribution in [-0.4, -0.2) is 24.3 Å². The third-order valence-electron chi connectivity index (χ3n) is 3.45. The summed E-state index contributed by atoms with van der Waals surface area (Å²) >= 11 is 0. The highest BCUT2D eigenvalue weighted by Gasteiger charge is 2.39. The summed E-state index contributed by atoms with van der Waals surface area (Å²) in [7, 11) is 0. The summed E-state index contributed by atoms with van der Waals surface area (Å²) in [5.41, 5.74) is 0. The van der Waals surface area contributed by atoms with Gasteiger partial charge in [0.1, 0.15) is 0 Å². The molecule has 2 nitrogen and oxygen atoms in total. The quantitative estimate of drug-likeness (QED) is 0.537. The van der Waals surface area contributed by atoms with Gasteiger partial charge in [-0.25, -0.2) is 0 Å². The smallest absolute Gasteiger partial charge is 0.0583 e. The molecule has 4 unspecified atom stereocenters. The summed E-state index contributed by atoms with van der Waals surface area (Å²) in [5, 5.41) is 13.0. The van der Waals surface area contributed by atoms with Crippen LogP contribution >= 0.6 is 0 Å². The van der Waals surface area contributed by atoms with Crippen molar-refractivity contribution >= 4 is 0 Å². The van der Waals surface area contributed by atoms with Crippen LogP contribution in [0.3, 0.4) is 0 Å². The Labute approximate surface area is 68.0 Å². The molecule has 1 saturated carbocycles. The number of fused-ring (bicyclic) bond motifs is 1. The second-order valence-corrected chi connectivity index (χ2v) is 4.11. The van der Waals surface area contributed by atoms with Gasteiger partial charge in [-0.05, 0) is 31.2 Å². The predicted octanol–water partition coefficient (Wildman–Crippen LogP) is 0.613. The summed E-state index contributed by atoms with van der Waals surface area (Å²) < 4.78 is 0. The van der Waals surface area contributed by atoms with Crippen molar-refractivity contribution < 1.29 is 5.11 Å². The van der Waals surface area contributed by atoms with E-state index in [2.05, 4.69) is 12.2 Å². The molecule has 0 aromatic carbocycles. The number of rotatable bonds is 0. The van der Waals surface area contributed by atoms with Gasteiger partial charge < -0.3 is 10.4 Å². The van der Waals surface area contributed by atoms with Gasteiger partial charge in [-0.1, -0.05) is 6.92 Å². The minimum atomic E-state index is -0.0220. The fourth-order valence-electron chi connectivity index (χ4n) is 2.63. The Bertz CT molecular complexity index is 132. The molecule has 1 aliphatic carbocycles. The number of nitrogens with one attached hydrogen (secondary N) is 1. The molecule has 1 saturated heterocycles. The highest BCUT2D eigenvalue weighted by atomic mass is 16.3. The first-order valence-corrected chi connectivity index (χ1v) is 4.68. The molecule has 1 aliphatic heterocycles. The maximum absolute atomic E-state index is 9.66. The molecule has 2 N–H and O–H groups in total. The van der Waals surface area contributed by atoms with Crippen molar-refractivity contribution in [2.24, 2.45) is 17.8 Å². The summed E-state index contributed by atoms with van der Waals surface area (Å²) in [4.78, 5) is 0. The number of hydrogen-bond acceptors (Lipinski definition) is 2. The zero-order chi connectivity index (χ0) is 7.84. The molecule has 64 valence electrons. The Hall–Kier alpha value is -0.0800. The lowest BCUT2D eigenvalue weighted by Crippen LogP contribution is -2.35. The molecule has 4 atom stereocenters. The van der Waals surface area contributed by atoms with Gasteiger partial charge in [0, 0.05) is 12.5 Å². The minimum Gasteiger partial charge on any atom is -0.393 e. The van der Waals surface area contributed by atoms with Crippen LogP contribution in [0.1, 0.15) is 19.8 Å². The van der Waals surface area contributed by atoms with Gasteiger partial charge in [-0.2, -0.15) is 0 Å². The van der Waals surface area contributed by atoms with E-state index in [0.717, 1.165) is 31.3 Å². The van der Waals surface area contributed by atoms with Gasteiger partial charge in [0.2, 0.25) is 0 Å². The van der Waals surface area contributed by atoms with Crippen molar-refractivity contribution in [1.82, 2.24) is 5.32 Å². The zero-order valence-corrected chi connectivity index (χ0v) is 7.09. The maximum atomic E-state index is 9.66. The molecule has 11 heavy (non-hydrogen) atoms. The lowest BCUT2D eigenvalue weighted by atomic mass is 9.73. The van der Waals surface area contributed by atoms with Gasteiger partial charge in [0.25, 0.3) is 0 Å². The van der Waals surface area contributed by atoms with Crippen LogP contribution in [0.4, 0.5) is 0 Å². The van der Waals surface area contributed by atoms with Crippen LogP contribution in [0.2, 0.25) is 0 Å². The second kappa shape index (κ2) is 2.76. The van der Waals surface area contributed by atoms with Crippen LogP contribution in [0.25, 0.3) is 0 Å². The van der Waals surface area contributed by atoms with Gasteiger partial charge in [-0.15, -0.1) is 0 Å². The van der Waals surface area contributed by atoms with Crippen LogP contribution in [0.5, 0.6) is 0 Å². The van der Waals surface area contributed by atoms with Gasteiger partial charge in [0.15, 0.2) is 0 Å². The van der Waals surface area contributed by atoms with E-state index in [1.165, 1.54) is 6.42 Å². The maximum Gasteiger partial charge on any atom is 0.0583 e. The van der Waals surface area contributed by atoms with Crippen LogP contribution in [0.15, 0.2) is 0 Å². The van der Waals surface area contributed by atoms with Crippen LogP contribution in [0, 0.1) is 17.8 Å². The molecule has 0 amide bonds. The van der Waals surface area contributed by atoms with Crippen LogP contribution < -0.4 is 5.32 Å². The van der Waals surface area contributed by atoms with Gasteiger partial charge in [-0.3, -0.25) is 0 Å². The molecule has 0 aromatic rings. The van der Waals surface area contributed by atoms with E-state index < -0.39 is 0 Å². The van der Waals surface area contributed by atoms with E-state index in [4.69, 9.17) is 0 Å². The summed E-state index contributed by atoms with van der Waals surface area (Å²) in [6, 6.07) is 0. The van der Waals surface area contributed by atoms with E-state index in [1.807, 2.05) is 0 Å². The van der Waals surface area contributed by atoms with Crippen molar-refractivity contribution in [2.75, 3.05) is 13.1 Å². The largest absolute Gasteiger partial charge is 0.393 e. The van der Waals surface area contributed by atoms with E-state index in [1.54, 1.807) is 0 Å². The normalized spacial score (nSPS) is 50.7. The lowest BCUT2D eigenvalue weighted by molar-refractivity contribution is 0.0320. The molecule has 0 bridgehead atoms. The fraction of sp³-hybridized carbons (Fsp3) is 1.00. The first kappa shape index (κ1) is 7.56. The average Bonchev–Trinajstić information content (AvgIpc) is 2.45. The highest BCUT2D eigenvalue weighted by molar-refractivity contribution is 4.92. The second-order valence-electron chi connectivity index (χ2n) is 4.11. The molecule has 2 aliphatic rings. The monoisotopic (exact) mass is 155 g/mol. The van der Waals surface area contributed by atoms with Crippen LogP contribution in [-0.2, 0) is 0 Å². The minimum absolute atomic E-state index is 0.0220. The molecule has 2 rings (SSSR count). The van der Waals surface area contributed by atoms with Crippen molar-refractivity contribution in [2.45, 2.75) is 25.9 Å². The SMILES string of the molecule is CC1CCC(O)C2CNCC12. The Balaban J connectivity index is 2.08. The zero-order valence-electron chi connectivity index (χ0n) is 7.09. The van der Waals surface area contributed by atoms with Crippen molar-refractivity contribution in [1.29, 1.82) is 0 Å². The van der Waals surface area contributed by atoms with Crippen molar-refractivity contribution in [3.63, 3.8) is 0 Å². The number of aliphatic hydroxyl groups excluding tert-OH is 1. The first-order chi connectivity index (χ1) is 5.29. The topological polar surface area (TPSA) is 32.3 Å². The van der Waals surface area contributed by atoms with Gasteiger partial charge >= 0.3 is 0 Å². The molecular formula is C9H17NO. The third-order valence-corrected chi connectivity index (χ3v) is 3.45.